The van der Waals surface area contributed by atoms with E-state index in [-0.39, 0.29) is 22.9 Å². The molecular formula is C56H62Cl2N2O6Ti. The number of allylic oxidation sites excluding steroid dienone is 2. The van der Waals surface area contributed by atoms with Crippen LogP contribution in [0.2, 0.25) is 0 Å². The van der Waals surface area contributed by atoms with Crippen molar-refractivity contribution >= 4 is 30.0 Å². The van der Waals surface area contributed by atoms with Gasteiger partial charge in [-0.1, -0.05) is 101 Å². The maximum atomic E-state index is 11.2. The number of halogens is 2. The second-order valence-corrected chi connectivity index (χ2v) is 19.1. The molecular weight excluding hydrogens is 915 g/mol. The number of rotatable bonds is 20. The normalized spacial score (nSPS) is 10.8. The van der Waals surface area contributed by atoms with E-state index < -0.39 is 27.9 Å². The molecule has 0 spiro atoms. The van der Waals surface area contributed by atoms with Crippen molar-refractivity contribution in [2.75, 3.05) is 27.4 Å². The minimum atomic E-state index is -0.556. The molecule has 6 aromatic carbocycles. The zero-order valence-electron chi connectivity index (χ0n) is 39.3. The fraction of sp³-hybridized carbons (Fsp3) is 0.250. The molecule has 0 heterocycles. The van der Waals surface area contributed by atoms with Crippen LogP contribution in [0.1, 0.15) is 97.9 Å². The van der Waals surface area contributed by atoms with Gasteiger partial charge < -0.3 is 29.2 Å². The molecule has 8 nitrogen and oxygen atoms in total. The summed E-state index contributed by atoms with van der Waals surface area (Å²) in [5, 5.41) is 40.0. The Balaban J connectivity index is 0.000000276. The number of phenolic OH excluding ortho intramolecular Hbond substituents is 2. The summed E-state index contributed by atoms with van der Waals surface area (Å²) in [5.41, 5.74) is 5.31. The molecule has 0 unspecified atom stereocenters. The number of nitrogens with one attached hydrogen (secondary N) is 2. The fourth-order valence-electron chi connectivity index (χ4n) is 7.39. The predicted molar refractivity (Wildman–Crippen MR) is 273 cm³/mol. The van der Waals surface area contributed by atoms with E-state index in [1.807, 2.05) is 133 Å². The third-order valence-electron chi connectivity index (χ3n) is 11.4. The third kappa shape index (κ3) is 14.6. The van der Waals surface area contributed by atoms with Gasteiger partial charge in [-0.15, -0.1) is 13.2 Å². The van der Waals surface area contributed by atoms with Crippen LogP contribution in [-0.2, 0) is 27.9 Å². The molecule has 4 N–H and O–H groups in total. The van der Waals surface area contributed by atoms with Crippen LogP contribution in [0.5, 0.6) is 34.5 Å². The first-order valence-corrected chi connectivity index (χ1v) is 26.2. The average Bonchev–Trinajstić information content (AvgIpc) is 3.35. The molecule has 0 aromatic heterocycles. The van der Waals surface area contributed by atoms with Gasteiger partial charge in [0.1, 0.15) is 34.5 Å². The Morgan fingerprint density at radius 1 is 0.552 bits per heavy atom. The van der Waals surface area contributed by atoms with Gasteiger partial charge in [0.05, 0.1) is 38.9 Å². The molecule has 11 heteroatoms. The summed E-state index contributed by atoms with van der Waals surface area (Å²) in [6, 6.07) is 41.9. The van der Waals surface area contributed by atoms with Crippen molar-refractivity contribution in [3.8, 4) is 34.5 Å². The zero-order chi connectivity index (χ0) is 49.0. The van der Waals surface area contributed by atoms with Crippen molar-refractivity contribution in [1.82, 2.24) is 0 Å². The van der Waals surface area contributed by atoms with E-state index in [1.165, 1.54) is 0 Å². The first kappa shape index (κ1) is 53.8. The molecule has 0 atom stereocenters. The van der Waals surface area contributed by atoms with Gasteiger partial charge in [0, 0.05) is 44.2 Å². The molecule has 0 aliphatic rings. The van der Waals surface area contributed by atoms with E-state index in [9.17, 15) is 10.2 Å². The van der Waals surface area contributed by atoms with Gasteiger partial charge in [-0.05, 0) is 110 Å². The summed E-state index contributed by atoms with van der Waals surface area (Å²) < 4.78 is 22.5. The van der Waals surface area contributed by atoms with E-state index in [1.54, 1.807) is 26.4 Å². The van der Waals surface area contributed by atoms with Gasteiger partial charge in [-0.2, -0.15) is 0 Å². The Hall–Kier alpha value is -5.77. The van der Waals surface area contributed by atoms with Crippen LogP contribution in [-0.4, -0.2) is 49.1 Å². The van der Waals surface area contributed by atoms with E-state index in [2.05, 4.69) is 40.9 Å². The standard InChI is InChI=1S/2C28H31NO3.2ClH.Ti/c2*1-5-6-10-17-32-22-15-13-20(14-16-22)26(29)24-18-23(31-4)19-25(27(24)30)28(2,3)21-11-8-7-9-12-21;;;/h2*5,7-9,11-16,18-19,29-30H,1,6,10,17H2,2-4H3;2*1H;/q;;;;+2/p-2. The van der Waals surface area contributed by atoms with Crippen LogP contribution in [0.15, 0.2) is 159 Å². The van der Waals surface area contributed by atoms with E-state index >= 15 is 0 Å². The summed E-state index contributed by atoms with van der Waals surface area (Å²) in [6.45, 7) is 16.9. The van der Waals surface area contributed by atoms with Crippen molar-refractivity contribution in [2.24, 2.45) is 0 Å². The summed E-state index contributed by atoms with van der Waals surface area (Å²) in [6.07, 6.45) is 7.42. The topological polar surface area (TPSA) is 125 Å². The first-order valence-electron chi connectivity index (χ1n) is 21.9. The number of benzene rings is 6. The van der Waals surface area contributed by atoms with E-state index in [0.717, 1.165) is 48.3 Å². The van der Waals surface area contributed by atoms with Crippen molar-refractivity contribution in [3.63, 3.8) is 0 Å². The van der Waals surface area contributed by atoms with Gasteiger partial charge in [0.25, 0.3) is 0 Å². The number of unbranched alkanes of at least 4 members (excludes halogenated alkanes) is 2. The quantitative estimate of drug-likeness (QED) is 0.0261. The number of phenols is 2. The zero-order valence-corrected chi connectivity index (χ0v) is 42.4. The Morgan fingerprint density at radius 3 is 1.18 bits per heavy atom. The van der Waals surface area contributed by atoms with E-state index in [0.29, 0.717) is 58.1 Å². The van der Waals surface area contributed by atoms with Crippen LogP contribution in [0.4, 0.5) is 0 Å². The van der Waals surface area contributed by atoms with Gasteiger partial charge in [0.2, 0.25) is 0 Å². The Kier molecular flexibility index (Phi) is 21.3. The number of methoxy groups -OCH3 is 2. The molecule has 0 bridgehead atoms. The molecule has 67 heavy (non-hydrogen) atoms. The summed E-state index contributed by atoms with van der Waals surface area (Å²) in [4.78, 5) is 0. The van der Waals surface area contributed by atoms with Gasteiger partial charge in [-0.3, -0.25) is 10.8 Å². The van der Waals surface area contributed by atoms with Crippen LogP contribution in [0.25, 0.3) is 0 Å². The van der Waals surface area contributed by atoms with Gasteiger partial charge in [0.15, 0.2) is 0 Å². The van der Waals surface area contributed by atoms with Crippen molar-refractivity contribution < 1.29 is 46.2 Å². The second-order valence-electron chi connectivity index (χ2n) is 16.6. The van der Waals surface area contributed by atoms with Crippen LogP contribution >= 0.6 is 18.6 Å². The third-order valence-corrected chi connectivity index (χ3v) is 11.4. The van der Waals surface area contributed by atoms with Crippen LogP contribution in [0.3, 0.4) is 0 Å². The molecule has 6 rings (SSSR count). The van der Waals surface area contributed by atoms with Crippen LogP contribution < -0.4 is 18.9 Å². The maximum absolute atomic E-state index is 11.2. The Bertz CT molecular complexity index is 2350. The monoisotopic (exact) mass is 976 g/mol. The summed E-state index contributed by atoms with van der Waals surface area (Å²) in [7, 11) is 13.0. The molecule has 0 saturated carbocycles. The fourth-order valence-corrected chi connectivity index (χ4v) is 7.39. The molecule has 0 amide bonds. The molecule has 0 radical (unpaired) electrons. The second kappa shape index (κ2) is 26.5. The van der Waals surface area contributed by atoms with Crippen molar-refractivity contribution in [2.45, 2.75) is 64.2 Å². The number of ether oxygens (including phenoxy) is 4. The molecule has 350 valence electrons. The van der Waals surface area contributed by atoms with Crippen LogP contribution in [0, 0.1) is 10.8 Å². The predicted octanol–water partition coefficient (Wildman–Crippen LogP) is 14.4. The Morgan fingerprint density at radius 2 is 0.881 bits per heavy atom. The van der Waals surface area contributed by atoms with Gasteiger partial charge >= 0.3 is 35.6 Å². The number of aromatic hydroxyl groups is 2. The average molecular weight is 978 g/mol. The van der Waals surface area contributed by atoms with E-state index in [4.69, 9.17) is 48.4 Å². The number of hydrogen-bond acceptors (Lipinski definition) is 8. The minimum absolute atomic E-state index is 0.0920. The summed E-state index contributed by atoms with van der Waals surface area (Å²) >= 11 is -0.556. The number of hydrogen-bond donors (Lipinski definition) is 4. The van der Waals surface area contributed by atoms with Crippen molar-refractivity contribution in [1.29, 1.82) is 10.8 Å². The molecule has 0 saturated heterocycles. The SMILES string of the molecule is C=CCCCOc1ccc(C(=N)c2cc(OC)cc(C(C)(C)c3ccccc3)c2O)cc1.C=CCCCOc1ccc(C(=N)c2cc(OC)cc(C(C)(C)c3ccccc3)c2O)cc1.[Cl][Ti][Cl]. The van der Waals surface area contributed by atoms with Crippen molar-refractivity contribution in [3.05, 3.63) is 203 Å². The first-order chi connectivity index (χ1) is 32.2. The van der Waals surface area contributed by atoms with Gasteiger partial charge in [-0.25, -0.2) is 0 Å². The molecule has 0 aliphatic heterocycles. The molecule has 6 aromatic rings. The summed E-state index contributed by atoms with van der Waals surface area (Å²) in [5.74, 6) is 2.90. The Labute approximate surface area is 413 Å². The molecule has 0 aliphatic carbocycles. The molecule has 0 fully saturated rings.